The van der Waals surface area contributed by atoms with Gasteiger partial charge < -0.3 is 5.32 Å². The van der Waals surface area contributed by atoms with Gasteiger partial charge in [0.1, 0.15) is 17.2 Å². The third-order valence-electron chi connectivity index (χ3n) is 6.06. The highest BCUT2D eigenvalue weighted by atomic mass is 32.1. The van der Waals surface area contributed by atoms with E-state index in [0.29, 0.717) is 11.2 Å². The average Bonchev–Trinajstić information content (AvgIpc) is 3.17. The molecule has 162 valence electrons. The number of anilines is 1. The third kappa shape index (κ3) is 3.75. The van der Waals surface area contributed by atoms with Crippen molar-refractivity contribution in [3.8, 4) is 11.4 Å². The number of carbonyl (C=O) groups excluding carboxylic acids is 1. The minimum atomic E-state index is -0.235. The van der Waals surface area contributed by atoms with Gasteiger partial charge in [0.2, 0.25) is 5.91 Å². The maximum absolute atomic E-state index is 13.7. The molecule has 0 atom stereocenters. The number of hydrogen-bond donors (Lipinski definition) is 1. The highest BCUT2D eigenvalue weighted by molar-refractivity contribution is 7.18. The van der Waals surface area contributed by atoms with Crippen molar-refractivity contribution in [3.63, 3.8) is 0 Å². The Morgan fingerprint density at radius 3 is 2.66 bits per heavy atom. The summed E-state index contributed by atoms with van der Waals surface area (Å²) in [4.78, 5) is 33.7. The molecule has 2 aromatic heterocycles. The topological polar surface area (TPSA) is 64.0 Å². The number of carbonyl (C=O) groups is 1. The van der Waals surface area contributed by atoms with E-state index in [4.69, 9.17) is 4.98 Å². The number of aryl methyl sites for hydroxylation is 4. The molecule has 32 heavy (non-hydrogen) atoms. The highest BCUT2D eigenvalue weighted by Gasteiger charge is 2.23. The molecule has 1 N–H and O–H groups in total. The maximum Gasteiger partial charge on any atom is 0.263 e. The molecule has 0 bridgehead atoms. The van der Waals surface area contributed by atoms with Crippen LogP contribution in [0.25, 0.3) is 21.6 Å². The molecule has 0 saturated heterocycles. The van der Waals surface area contributed by atoms with Gasteiger partial charge in [-0.2, -0.15) is 0 Å². The lowest BCUT2D eigenvalue weighted by Crippen LogP contribution is -2.30. The molecule has 0 aliphatic heterocycles. The van der Waals surface area contributed by atoms with E-state index >= 15 is 0 Å². The van der Waals surface area contributed by atoms with Crippen molar-refractivity contribution < 1.29 is 4.79 Å². The zero-order chi connectivity index (χ0) is 22.2. The third-order valence-corrected chi connectivity index (χ3v) is 7.25. The van der Waals surface area contributed by atoms with Crippen molar-refractivity contribution in [1.82, 2.24) is 9.55 Å². The van der Waals surface area contributed by atoms with Crippen LogP contribution < -0.4 is 10.9 Å². The Balaban J connectivity index is 1.60. The lowest BCUT2D eigenvalue weighted by molar-refractivity contribution is -0.116. The van der Waals surface area contributed by atoms with Crippen molar-refractivity contribution in [2.24, 2.45) is 0 Å². The molecule has 1 aliphatic rings. The van der Waals surface area contributed by atoms with Crippen LogP contribution in [0.1, 0.15) is 34.4 Å². The first-order chi connectivity index (χ1) is 15.5. The van der Waals surface area contributed by atoms with Gasteiger partial charge >= 0.3 is 0 Å². The van der Waals surface area contributed by atoms with Crippen molar-refractivity contribution in [1.29, 1.82) is 0 Å². The lowest BCUT2D eigenvalue weighted by atomic mass is 9.97. The summed E-state index contributed by atoms with van der Waals surface area (Å²) < 4.78 is 1.54. The normalized spacial score (nSPS) is 13.2. The second-order valence-corrected chi connectivity index (χ2v) is 9.53. The maximum atomic E-state index is 13.7. The Morgan fingerprint density at radius 1 is 1.09 bits per heavy atom. The van der Waals surface area contributed by atoms with Gasteiger partial charge in [0, 0.05) is 16.1 Å². The summed E-state index contributed by atoms with van der Waals surface area (Å²) in [6.45, 7) is 3.91. The Hall–Kier alpha value is -3.25. The predicted molar refractivity (Wildman–Crippen MR) is 131 cm³/mol. The van der Waals surface area contributed by atoms with Crippen LogP contribution in [-0.2, 0) is 24.2 Å². The van der Waals surface area contributed by atoms with Crippen LogP contribution in [0.2, 0.25) is 0 Å². The molecule has 1 aliphatic carbocycles. The molecule has 4 aromatic rings. The zero-order valence-corrected chi connectivity index (χ0v) is 19.1. The van der Waals surface area contributed by atoms with Crippen molar-refractivity contribution >= 4 is 33.1 Å². The van der Waals surface area contributed by atoms with E-state index < -0.39 is 0 Å². The molecule has 0 fully saturated rings. The van der Waals surface area contributed by atoms with Crippen LogP contribution in [0.5, 0.6) is 0 Å². The standard InChI is InChI=1S/C26H25N3O2S/c1-16-12-13-20(17(2)14-16)27-22(30)15-29-24(18-8-4-3-5-9-18)28-25-23(26(29)31)19-10-6-7-11-21(19)32-25/h3-5,8-9,12-14H,6-7,10-11,15H2,1-2H3,(H,27,30). The van der Waals surface area contributed by atoms with Crippen LogP contribution >= 0.6 is 11.3 Å². The van der Waals surface area contributed by atoms with Gasteiger partial charge in [0.25, 0.3) is 5.56 Å². The van der Waals surface area contributed by atoms with E-state index in [1.54, 1.807) is 11.3 Å². The van der Waals surface area contributed by atoms with E-state index in [1.807, 2.05) is 62.4 Å². The number of rotatable bonds is 4. The van der Waals surface area contributed by atoms with Gasteiger partial charge in [0.05, 0.1) is 5.39 Å². The fourth-order valence-corrected chi connectivity index (χ4v) is 5.73. The van der Waals surface area contributed by atoms with Gasteiger partial charge in [-0.15, -0.1) is 11.3 Å². The quantitative estimate of drug-likeness (QED) is 0.468. The van der Waals surface area contributed by atoms with Crippen LogP contribution in [0.4, 0.5) is 5.69 Å². The van der Waals surface area contributed by atoms with E-state index in [2.05, 4.69) is 5.32 Å². The Bertz CT molecular complexity index is 1390. The zero-order valence-electron chi connectivity index (χ0n) is 18.3. The molecular weight excluding hydrogens is 418 g/mol. The molecule has 2 heterocycles. The van der Waals surface area contributed by atoms with E-state index in [9.17, 15) is 9.59 Å². The van der Waals surface area contributed by atoms with Gasteiger partial charge in [-0.3, -0.25) is 14.2 Å². The number of hydrogen-bond acceptors (Lipinski definition) is 4. The van der Waals surface area contributed by atoms with Crippen LogP contribution in [0.3, 0.4) is 0 Å². The summed E-state index contributed by atoms with van der Waals surface area (Å²) in [6.07, 6.45) is 4.15. The number of amides is 1. The van der Waals surface area contributed by atoms with Gasteiger partial charge in [-0.25, -0.2) is 4.98 Å². The SMILES string of the molecule is Cc1ccc(NC(=O)Cn2c(-c3ccccc3)nc3sc4c(c3c2=O)CCCC4)c(C)c1. The second kappa shape index (κ2) is 8.36. The number of aromatic nitrogens is 2. The number of nitrogens with one attached hydrogen (secondary N) is 1. The monoisotopic (exact) mass is 443 g/mol. The fourth-order valence-electron chi connectivity index (χ4n) is 4.48. The Labute approximate surface area is 190 Å². The van der Waals surface area contributed by atoms with Gasteiger partial charge in [0.15, 0.2) is 0 Å². The van der Waals surface area contributed by atoms with E-state index in [1.165, 1.54) is 9.44 Å². The largest absolute Gasteiger partial charge is 0.324 e. The molecule has 5 nitrogen and oxygen atoms in total. The first-order valence-corrected chi connectivity index (χ1v) is 11.8. The second-order valence-electron chi connectivity index (χ2n) is 8.45. The number of thiophene rings is 1. The van der Waals surface area contributed by atoms with Crippen molar-refractivity contribution in [2.75, 3.05) is 5.32 Å². The van der Waals surface area contributed by atoms with E-state index in [-0.39, 0.29) is 18.0 Å². The molecule has 2 aromatic carbocycles. The minimum absolute atomic E-state index is 0.0794. The number of fused-ring (bicyclic) bond motifs is 3. The molecule has 0 spiro atoms. The minimum Gasteiger partial charge on any atom is -0.324 e. The lowest BCUT2D eigenvalue weighted by Gasteiger charge is -2.15. The molecule has 0 unspecified atom stereocenters. The van der Waals surface area contributed by atoms with Crippen molar-refractivity contribution in [3.05, 3.63) is 80.5 Å². The van der Waals surface area contributed by atoms with Crippen LogP contribution in [0, 0.1) is 13.8 Å². The summed E-state index contributed by atoms with van der Waals surface area (Å²) in [6, 6.07) is 15.5. The molecule has 5 rings (SSSR count). The molecular formula is C26H25N3O2S. The average molecular weight is 444 g/mol. The molecule has 1 amide bonds. The molecule has 6 heteroatoms. The fraction of sp³-hybridized carbons (Fsp3) is 0.269. The van der Waals surface area contributed by atoms with Gasteiger partial charge in [-0.05, 0) is 56.7 Å². The Morgan fingerprint density at radius 2 is 1.88 bits per heavy atom. The number of benzene rings is 2. The summed E-state index contributed by atoms with van der Waals surface area (Å²) in [5, 5.41) is 3.67. The Kier molecular flexibility index (Phi) is 5.39. The summed E-state index contributed by atoms with van der Waals surface area (Å²) in [5.41, 5.74) is 4.74. The first kappa shape index (κ1) is 20.6. The summed E-state index contributed by atoms with van der Waals surface area (Å²) >= 11 is 1.63. The van der Waals surface area contributed by atoms with Crippen LogP contribution in [0.15, 0.2) is 53.3 Å². The molecule has 0 saturated carbocycles. The predicted octanol–water partition coefficient (Wildman–Crippen LogP) is 5.26. The van der Waals surface area contributed by atoms with Crippen molar-refractivity contribution in [2.45, 2.75) is 46.1 Å². The van der Waals surface area contributed by atoms with E-state index in [0.717, 1.165) is 58.5 Å². The summed E-state index contributed by atoms with van der Waals surface area (Å²) in [5.74, 6) is 0.305. The highest BCUT2D eigenvalue weighted by Crippen LogP contribution is 2.34. The smallest absolute Gasteiger partial charge is 0.263 e. The first-order valence-electron chi connectivity index (χ1n) is 11.0. The number of nitrogens with zero attached hydrogens (tertiary/aromatic N) is 2. The van der Waals surface area contributed by atoms with Crippen LogP contribution in [-0.4, -0.2) is 15.5 Å². The van der Waals surface area contributed by atoms with Gasteiger partial charge in [-0.1, -0.05) is 48.0 Å². The molecule has 0 radical (unpaired) electrons. The summed E-state index contributed by atoms with van der Waals surface area (Å²) in [7, 11) is 0.